The number of hydrogen-bond donors (Lipinski definition) is 1. The lowest BCUT2D eigenvalue weighted by atomic mass is 10.1. The first kappa shape index (κ1) is 12.0. The van der Waals surface area contributed by atoms with Gasteiger partial charge in [0.05, 0.1) is 0 Å². The van der Waals surface area contributed by atoms with Gasteiger partial charge in [0.15, 0.2) is 0 Å². The summed E-state index contributed by atoms with van der Waals surface area (Å²) >= 11 is 0. The molecule has 0 aliphatic heterocycles. The minimum Gasteiger partial charge on any atom is -0.374 e. The van der Waals surface area contributed by atoms with Crippen LogP contribution in [0.2, 0.25) is 0 Å². The first-order chi connectivity index (χ1) is 7.06. The molecule has 1 atom stereocenters. The molecule has 2 N–H and O–H groups in total. The van der Waals surface area contributed by atoms with E-state index in [1.807, 2.05) is 14.0 Å². The molecule has 15 heavy (non-hydrogen) atoms. The molecule has 1 aromatic carbocycles. The second-order valence-electron chi connectivity index (χ2n) is 3.91. The fourth-order valence-corrected chi connectivity index (χ4v) is 1.69. The molecule has 3 heteroatoms. The zero-order valence-electron chi connectivity index (χ0n) is 9.63. The smallest absolute Gasteiger partial charge is 0.123 e. The highest BCUT2D eigenvalue weighted by Gasteiger charge is 2.11. The fourth-order valence-electron chi connectivity index (χ4n) is 1.69. The summed E-state index contributed by atoms with van der Waals surface area (Å²) in [6, 6.07) is 4.65. The van der Waals surface area contributed by atoms with E-state index in [1.165, 1.54) is 12.1 Å². The Bertz CT molecular complexity index is 323. The monoisotopic (exact) mass is 210 g/mol. The molecule has 0 spiro atoms. The van der Waals surface area contributed by atoms with Gasteiger partial charge in [0.25, 0.3) is 0 Å². The Morgan fingerprint density at radius 3 is 2.67 bits per heavy atom. The van der Waals surface area contributed by atoms with Crippen molar-refractivity contribution in [3.63, 3.8) is 0 Å². The van der Waals surface area contributed by atoms with Crippen LogP contribution in [0.5, 0.6) is 0 Å². The van der Waals surface area contributed by atoms with Gasteiger partial charge in [0, 0.05) is 25.3 Å². The molecular weight excluding hydrogens is 191 g/mol. The maximum atomic E-state index is 13.1. The minimum atomic E-state index is -0.226. The Morgan fingerprint density at radius 2 is 2.13 bits per heavy atom. The molecule has 0 heterocycles. The molecule has 0 bridgehead atoms. The summed E-state index contributed by atoms with van der Waals surface area (Å²) in [6.07, 6.45) is 1.06. The van der Waals surface area contributed by atoms with Crippen molar-refractivity contribution in [2.75, 3.05) is 18.5 Å². The van der Waals surface area contributed by atoms with Crippen LogP contribution in [0.3, 0.4) is 0 Å². The van der Waals surface area contributed by atoms with Crippen molar-refractivity contribution in [3.05, 3.63) is 29.6 Å². The number of halogens is 1. The van der Waals surface area contributed by atoms with Crippen LogP contribution in [0.15, 0.2) is 18.2 Å². The molecule has 84 valence electrons. The Kier molecular flexibility index (Phi) is 4.09. The van der Waals surface area contributed by atoms with Gasteiger partial charge in [-0.25, -0.2) is 4.39 Å². The minimum absolute atomic E-state index is 0.144. The molecule has 0 amide bonds. The van der Waals surface area contributed by atoms with Crippen molar-refractivity contribution in [3.8, 4) is 0 Å². The van der Waals surface area contributed by atoms with Crippen molar-refractivity contribution in [2.45, 2.75) is 26.3 Å². The summed E-state index contributed by atoms with van der Waals surface area (Å²) in [6.45, 7) is 4.94. The van der Waals surface area contributed by atoms with Crippen molar-refractivity contribution in [1.29, 1.82) is 0 Å². The molecule has 1 aromatic rings. The Balaban J connectivity index is 3.05. The largest absolute Gasteiger partial charge is 0.374 e. The van der Waals surface area contributed by atoms with E-state index in [4.69, 9.17) is 5.73 Å². The van der Waals surface area contributed by atoms with Gasteiger partial charge in [-0.05, 0) is 37.1 Å². The zero-order chi connectivity index (χ0) is 11.4. The number of nitrogens with two attached hydrogens (primary N) is 1. The van der Waals surface area contributed by atoms with Crippen LogP contribution in [-0.4, -0.2) is 13.6 Å². The highest BCUT2D eigenvalue weighted by atomic mass is 19.1. The molecule has 2 nitrogen and oxygen atoms in total. The maximum Gasteiger partial charge on any atom is 0.123 e. The summed E-state index contributed by atoms with van der Waals surface area (Å²) < 4.78 is 13.1. The number of anilines is 1. The van der Waals surface area contributed by atoms with Crippen LogP contribution >= 0.6 is 0 Å². The highest BCUT2D eigenvalue weighted by Crippen LogP contribution is 2.25. The van der Waals surface area contributed by atoms with E-state index in [0.29, 0.717) is 0 Å². The van der Waals surface area contributed by atoms with Crippen LogP contribution in [0.25, 0.3) is 0 Å². The third kappa shape index (κ3) is 2.93. The third-order valence-corrected chi connectivity index (χ3v) is 2.45. The standard InChI is InChI=1S/C12H19FN2/c1-4-7-15(3)12-6-5-10(13)8-11(12)9(2)14/h5-6,8-9H,4,7,14H2,1-3H3/t9-/m0/s1. The van der Waals surface area contributed by atoms with Crippen molar-refractivity contribution < 1.29 is 4.39 Å². The molecule has 0 fully saturated rings. The van der Waals surface area contributed by atoms with E-state index in [1.54, 1.807) is 6.07 Å². The van der Waals surface area contributed by atoms with E-state index in [2.05, 4.69) is 11.8 Å². The lowest BCUT2D eigenvalue weighted by Gasteiger charge is -2.23. The summed E-state index contributed by atoms with van der Waals surface area (Å²) in [5.74, 6) is -0.226. The maximum absolute atomic E-state index is 13.1. The number of hydrogen-bond acceptors (Lipinski definition) is 2. The van der Waals surface area contributed by atoms with Crippen molar-refractivity contribution in [1.82, 2.24) is 0 Å². The third-order valence-electron chi connectivity index (χ3n) is 2.45. The molecule has 1 rings (SSSR count). The van der Waals surface area contributed by atoms with Gasteiger partial charge >= 0.3 is 0 Å². The van der Waals surface area contributed by atoms with Crippen LogP contribution in [0, 0.1) is 5.82 Å². The van der Waals surface area contributed by atoms with E-state index in [0.717, 1.165) is 24.2 Å². The van der Waals surface area contributed by atoms with Gasteiger partial charge in [-0.15, -0.1) is 0 Å². The van der Waals surface area contributed by atoms with Gasteiger partial charge in [-0.3, -0.25) is 0 Å². The quantitative estimate of drug-likeness (QED) is 0.828. The van der Waals surface area contributed by atoms with Crippen LogP contribution in [0.1, 0.15) is 31.9 Å². The molecular formula is C12H19FN2. The van der Waals surface area contributed by atoms with E-state index in [9.17, 15) is 4.39 Å². The average molecular weight is 210 g/mol. The average Bonchev–Trinajstić information content (AvgIpc) is 2.17. The lowest BCUT2D eigenvalue weighted by molar-refractivity contribution is 0.621. The van der Waals surface area contributed by atoms with E-state index < -0.39 is 0 Å². The first-order valence-corrected chi connectivity index (χ1v) is 5.32. The van der Waals surface area contributed by atoms with Gasteiger partial charge < -0.3 is 10.6 Å². The highest BCUT2D eigenvalue weighted by molar-refractivity contribution is 5.54. The molecule has 0 aromatic heterocycles. The van der Waals surface area contributed by atoms with E-state index >= 15 is 0 Å². The Hall–Kier alpha value is -1.09. The Labute approximate surface area is 90.9 Å². The number of nitrogens with zero attached hydrogens (tertiary/aromatic N) is 1. The molecule has 0 saturated heterocycles. The predicted octanol–water partition coefficient (Wildman–Crippen LogP) is 2.69. The predicted molar refractivity (Wildman–Crippen MR) is 62.6 cm³/mol. The van der Waals surface area contributed by atoms with Gasteiger partial charge in [-0.2, -0.15) is 0 Å². The van der Waals surface area contributed by atoms with Crippen LogP contribution < -0.4 is 10.6 Å². The second-order valence-corrected chi connectivity index (χ2v) is 3.91. The first-order valence-electron chi connectivity index (χ1n) is 5.32. The molecule has 0 radical (unpaired) electrons. The fraction of sp³-hybridized carbons (Fsp3) is 0.500. The molecule has 0 unspecified atom stereocenters. The molecule has 0 saturated carbocycles. The number of rotatable bonds is 4. The Morgan fingerprint density at radius 1 is 1.47 bits per heavy atom. The van der Waals surface area contributed by atoms with Gasteiger partial charge in [0.2, 0.25) is 0 Å². The van der Waals surface area contributed by atoms with Crippen molar-refractivity contribution in [2.24, 2.45) is 5.73 Å². The lowest BCUT2D eigenvalue weighted by Crippen LogP contribution is -2.21. The molecule has 0 aliphatic carbocycles. The van der Waals surface area contributed by atoms with Crippen LogP contribution in [-0.2, 0) is 0 Å². The summed E-state index contributed by atoms with van der Waals surface area (Å²) in [5.41, 5.74) is 7.71. The van der Waals surface area contributed by atoms with Gasteiger partial charge in [0.1, 0.15) is 5.82 Å². The normalized spacial score (nSPS) is 12.6. The van der Waals surface area contributed by atoms with Crippen molar-refractivity contribution >= 4 is 5.69 Å². The SMILES string of the molecule is CCCN(C)c1ccc(F)cc1[C@H](C)N. The van der Waals surface area contributed by atoms with E-state index in [-0.39, 0.29) is 11.9 Å². The van der Waals surface area contributed by atoms with Crippen LogP contribution in [0.4, 0.5) is 10.1 Å². The summed E-state index contributed by atoms with van der Waals surface area (Å²) in [5, 5.41) is 0. The summed E-state index contributed by atoms with van der Waals surface area (Å²) in [4.78, 5) is 2.11. The zero-order valence-corrected chi connectivity index (χ0v) is 9.63. The second kappa shape index (κ2) is 5.12. The van der Waals surface area contributed by atoms with Gasteiger partial charge in [-0.1, -0.05) is 6.92 Å². The summed E-state index contributed by atoms with van der Waals surface area (Å²) in [7, 11) is 2.00. The topological polar surface area (TPSA) is 29.3 Å². The molecule has 0 aliphatic rings. The number of benzene rings is 1.